The van der Waals surface area contributed by atoms with E-state index >= 15 is 0 Å². The predicted molar refractivity (Wildman–Crippen MR) is 111 cm³/mol. The SMILES string of the molecule is CN(CCC(F)(F)F)C(CNCc1cc(-c2cccnc2)n[nH]1)c1ccc(Cl)cc1. The summed E-state index contributed by atoms with van der Waals surface area (Å²) < 4.78 is 38.0. The lowest BCUT2D eigenvalue weighted by Gasteiger charge is -2.29. The highest BCUT2D eigenvalue weighted by molar-refractivity contribution is 6.30. The Bertz CT molecular complexity index is 912. The Morgan fingerprint density at radius 2 is 1.97 bits per heavy atom. The maximum Gasteiger partial charge on any atom is 0.390 e. The molecular formula is C21H23ClF3N5. The van der Waals surface area contributed by atoms with Gasteiger partial charge in [-0.15, -0.1) is 0 Å². The molecule has 30 heavy (non-hydrogen) atoms. The number of halogens is 4. The summed E-state index contributed by atoms with van der Waals surface area (Å²) in [7, 11) is 1.70. The zero-order chi connectivity index (χ0) is 21.6. The van der Waals surface area contributed by atoms with Crippen LogP contribution in [-0.2, 0) is 6.54 Å². The first-order valence-corrected chi connectivity index (χ1v) is 9.87. The molecule has 3 aromatic rings. The molecule has 2 N–H and O–H groups in total. The van der Waals surface area contributed by atoms with Crippen LogP contribution in [0.25, 0.3) is 11.3 Å². The molecule has 0 aliphatic carbocycles. The molecule has 0 bridgehead atoms. The number of nitrogens with one attached hydrogen (secondary N) is 2. The van der Waals surface area contributed by atoms with Crippen molar-refractivity contribution in [3.63, 3.8) is 0 Å². The first kappa shape index (κ1) is 22.3. The average Bonchev–Trinajstić information content (AvgIpc) is 3.19. The van der Waals surface area contributed by atoms with Crippen LogP contribution in [0.15, 0.2) is 54.9 Å². The van der Waals surface area contributed by atoms with Crippen molar-refractivity contribution in [2.24, 2.45) is 0 Å². The van der Waals surface area contributed by atoms with E-state index in [1.54, 1.807) is 36.5 Å². The number of alkyl halides is 3. The third-order valence-electron chi connectivity index (χ3n) is 4.78. The summed E-state index contributed by atoms with van der Waals surface area (Å²) >= 11 is 5.96. The van der Waals surface area contributed by atoms with Crippen LogP contribution in [-0.4, -0.2) is 46.4 Å². The minimum Gasteiger partial charge on any atom is -0.309 e. The van der Waals surface area contributed by atoms with Crippen molar-refractivity contribution in [1.29, 1.82) is 0 Å². The molecule has 0 amide bonds. The standard InChI is InChI=1S/C21H23ClF3N5/c1-30(10-8-21(23,24)25)20(15-4-6-17(22)7-5-15)14-27-13-18-11-19(29-28-18)16-3-2-9-26-12-16/h2-7,9,11-12,20,27H,8,10,13-14H2,1H3,(H,28,29). The van der Waals surface area contributed by atoms with E-state index in [1.165, 1.54) is 0 Å². The molecule has 0 radical (unpaired) electrons. The summed E-state index contributed by atoms with van der Waals surface area (Å²) in [6, 6.07) is 12.6. The smallest absolute Gasteiger partial charge is 0.309 e. The first-order valence-electron chi connectivity index (χ1n) is 9.50. The van der Waals surface area contributed by atoms with Gasteiger partial charge in [0.1, 0.15) is 0 Å². The molecule has 0 spiro atoms. The summed E-state index contributed by atoms with van der Waals surface area (Å²) in [5, 5.41) is 11.2. The molecule has 3 rings (SSSR count). The fourth-order valence-electron chi connectivity index (χ4n) is 3.13. The minimum absolute atomic E-state index is 0.0896. The van der Waals surface area contributed by atoms with Crippen molar-refractivity contribution in [1.82, 2.24) is 25.4 Å². The van der Waals surface area contributed by atoms with Gasteiger partial charge in [0.15, 0.2) is 0 Å². The number of aromatic amines is 1. The number of hydrogen-bond acceptors (Lipinski definition) is 4. The second-order valence-electron chi connectivity index (χ2n) is 7.06. The zero-order valence-corrected chi connectivity index (χ0v) is 17.2. The van der Waals surface area contributed by atoms with Crippen molar-refractivity contribution in [2.45, 2.75) is 25.2 Å². The highest BCUT2D eigenvalue weighted by Crippen LogP contribution is 2.25. The summed E-state index contributed by atoms with van der Waals surface area (Å²) in [4.78, 5) is 5.79. The van der Waals surface area contributed by atoms with Crippen LogP contribution in [0.3, 0.4) is 0 Å². The number of hydrogen-bond donors (Lipinski definition) is 2. The molecule has 0 aliphatic heterocycles. The van der Waals surface area contributed by atoms with Crippen molar-refractivity contribution < 1.29 is 13.2 Å². The number of benzene rings is 1. The number of H-pyrrole nitrogens is 1. The predicted octanol–water partition coefficient (Wildman–Crippen LogP) is 4.84. The van der Waals surface area contributed by atoms with E-state index in [-0.39, 0.29) is 12.6 Å². The Labute approximate surface area is 178 Å². The highest BCUT2D eigenvalue weighted by atomic mass is 35.5. The molecule has 1 atom stereocenters. The van der Waals surface area contributed by atoms with Gasteiger partial charge in [0, 0.05) is 54.3 Å². The molecule has 9 heteroatoms. The minimum atomic E-state index is -4.19. The third kappa shape index (κ3) is 6.55. The quantitative estimate of drug-likeness (QED) is 0.503. The largest absolute Gasteiger partial charge is 0.390 e. The number of likely N-dealkylation sites (N-methyl/N-ethyl adjacent to an activating group) is 1. The van der Waals surface area contributed by atoms with Gasteiger partial charge in [-0.3, -0.25) is 15.0 Å². The molecule has 1 aromatic carbocycles. The van der Waals surface area contributed by atoms with E-state index in [0.717, 1.165) is 22.5 Å². The Morgan fingerprint density at radius 1 is 1.20 bits per heavy atom. The van der Waals surface area contributed by atoms with Crippen LogP contribution < -0.4 is 5.32 Å². The normalized spacial score (nSPS) is 13.0. The van der Waals surface area contributed by atoms with Crippen molar-refractivity contribution in [3.05, 3.63) is 71.1 Å². The van der Waals surface area contributed by atoms with E-state index in [4.69, 9.17) is 11.6 Å². The third-order valence-corrected chi connectivity index (χ3v) is 5.03. The second kappa shape index (κ2) is 10.1. The number of rotatable bonds is 9. The van der Waals surface area contributed by atoms with Crippen molar-refractivity contribution in [3.8, 4) is 11.3 Å². The van der Waals surface area contributed by atoms with E-state index in [0.29, 0.717) is 18.1 Å². The monoisotopic (exact) mass is 437 g/mol. The lowest BCUT2D eigenvalue weighted by atomic mass is 10.1. The van der Waals surface area contributed by atoms with Gasteiger partial charge >= 0.3 is 6.18 Å². The van der Waals surface area contributed by atoms with E-state index < -0.39 is 12.6 Å². The number of aromatic nitrogens is 3. The van der Waals surface area contributed by atoms with Gasteiger partial charge in [0.25, 0.3) is 0 Å². The van der Waals surface area contributed by atoms with Gasteiger partial charge in [-0.25, -0.2) is 0 Å². The van der Waals surface area contributed by atoms with Gasteiger partial charge in [0.2, 0.25) is 0 Å². The fraction of sp³-hybridized carbons (Fsp3) is 0.333. The highest BCUT2D eigenvalue weighted by Gasteiger charge is 2.29. The van der Waals surface area contributed by atoms with Crippen LogP contribution >= 0.6 is 11.6 Å². The van der Waals surface area contributed by atoms with E-state index in [2.05, 4.69) is 20.5 Å². The topological polar surface area (TPSA) is 56.8 Å². The summed E-state index contributed by atoms with van der Waals surface area (Å²) in [6.45, 7) is 0.884. The Kier molecular flexibility index (Phi) is 7.47. The Morgan fingerprint density at radius 3 is 2.63 bits per heavy atom. The molecular weight excluding hydrogens is 415 g/mol. The molecule has 0 aliphatic rings. The lowest BCUT2D eigenvalue weighted by molar-refractivity contribution is -0.138. The van der Waals surface area contributed by atoms with Crippen LogP contribution in [0.4, 0.5) is 13.2 Å². The Balaban J connectivity index is 1.63. The average molecular weight is 438 g/mol. The summed E-state index contributed by atoms with van der Waals surface area (Å²) in [5.74, 6) is 0. The van der Waals surface area contributed by atoms with Crippen LogP contribution in [0.2, 0.25) is 5.02 Å². The van der Waals surface area contributed by atoms with Gasteiger partial charge in [-0.1, -0.05) is 23.7 Å². The summed E-state index contributed by atoms with van der Waals surface area (Å²) in [6.07, 6.45) is -1.61. The van der Waals surface area contributed by atoms with E-state index in [1.807, 2.05) is 30.3 Å². The zero-order valence-electron chi connectivity index (χ0n) is 16.5. The van der Waals surface area contributed by atoms with Gasteiger partial charge in [-0.2, -0.15) is 18.3 Å². The molecule has 0 fully saturated rings. The van der Waals surface area contributed by atoms with Gasteiger partial charge < -0.3 is 5.32 Å². The fourth-order valence-corrected chi connectivity index (χ4v) is 3.26. The molecule has 2 aromatic heterocycles. The maximum atomic E-state index is 12.7. The van der Waals surface area contributed by atoms with Gasteiger partial charge in [-0.05, 0) is 42.9 Å². The van der Waals surface area contributed by atoms with Crippen molar-refractivity contribution in [2.75, 3.05) is 20.1 Å². The first-order chi connectivity index (χ1) is 14.3. The van der Waals surface area contributed by atoms with Crippen LogP contribution in [0, 0.1) is 0 Å². The van der Waals surface area contributed by atoms with E-state index in [9.17, 15) is 13.2 Å². The second-order valence-corrected chi connectivity index (χ2v) is 7.50. The molecule has 160 valence electrons. The summed E-state index contributed by atoms with van der Waals surface area (Å²) in [5.41, 5.74) is 3.47. The lowest BCUT2D eigenvalue weighted by Crippen LogP contribution is -2.35. The molecule has 0 saturated heterocycles. The van der Waals surface area contributed by atoms with Crippen LogP contribution in [0.1, 0.15) is 23.7 Å². The Hall–Kier alpha value is -2.42. The molecule has 2 heterocycles. The number of pyridine rings is 1. The van der Waals surface area contributed by atoms with Crippen molar-refractivity contribution >= 4 is 11.6 Å². The van der Waals surface area contributed by atoms with Gasteiger partial charge in [0.05, 0.1) is 12.1 Å². The molecule has 1 unspecified atom stereocenters. The molecule has 0 saturated carbocycles. The maximum absolute atomic E-state index is 12.7. The van der Waals surface area contributed by atoms with Crippen LogP contribution in [0.5, 0.6) is 0 Å². The molecule has 5 nitrogen and oxygen atoms in total. The number of nitrogens with zero attached hydrogens (tertiary/aromatic N) is 3.